The van der Waals surface area contributed by atoms with Gasteiger partial charge in [0.2, 0.25) is 5.95 Å². The maximum atomic E-state index is 13.4. The summed E-state index contributed by atoms with van der Waals surface area (Å²) in [5.74, 6) is 0.0981. The van der Waals surface area contributed by atoms with E-state index < -0.39 is 11.7 Å². The molecule has 1 heterocycles. The van der Waals surface area contributed by atoms with Gasteiger partial charge < -0.3 is 15.4 Å². The average molecular weight is 402 g/mol. The van der Waals surface area contributed by atoms with Crippen molar-refractivity contribution in [3.63, 3.8) is 0 Å². The van der Waals surface area contributed by atoms with Crippen molar-refractivity contribution in [2.24, 2.45) is 0 Å². The summed E-state index contributed by atoms with van der Waals surface area (Å²) >= 11 is 0. The Labute approximate surface area is 167 Å². The molecule has 1 aromatic heterocycles. The highest BCUT2D eigenvalue weighted by molar-refractivity contribution is 5.67. The largest absolute Gasteiger partial charge is 0.495 e. The van der Waals surface area contributed by atoms with E-state index in [2.05, 4.69) is 27.5 Å². The third kappa shape index (κ3) is 5.16. The van der Waals surface area contributed by atoms with Crippen LogP contribution in [0.15, 0.2) is 54.7 Å². The van der Waals surface area contributed by atoms with Crippen molar-refractivity contribution in [1.29, 1.82) is 0 Å². The summed E-state index contributed by atoms with van der Waals surface area (Å²) in [6, 6.07) is 14.3. The van der Waals surface area contributed by atoms with Crippen LogP contribution >= 0.6 is 0 Å². The lowest BCUT2D eigenvalue weighted by Crippen LogP contribution is -2.13. The smallest absolute Gasteiger partial charge is 0.421 e. The molecule has 0 fully saturated rings. The highest BCUT2D eigenvalue weighted by Gasteiger charge is 2.35. The van der Waals surface area contributed by atoms with Gasteiger partial charge in [-0.3, -0.25) is 0 Å². The Hall–Kier alpha value is -3.29. The van der Waals surface area contributed by atoms with E-state index in [0.717, 1.165) is 19.0 Å². The van der Waals surface area contributed by atoms with Crippen molar-refractivity contribution in [3.8, 4) is 5.75 Å². The standard InChI is InChI=1S/C21H21F3N4O/c1-3-6-14-9-11-15(12-10-14)26-20-25-13-16(21(22,23)24)19(28-20)27-17-7-4-5-8-18(17)29-2/h4-5,7-13H,3,6H2,1-2H3,(H2,25,26,27,28). The first-order valence-electron chi connectivity index (χ1n) is 9.11. The minimum atomic E-state index is -4.61. The van der Waals surface area contributed by atoms with Crippen molar-refractivity contribution in [1.82, 2.24) is 9.97 Å². The minimum absolute atomic E-state index is 0.0543. The molecule has 3 rings (SSSR count). The number of rotatable bonds is 7. The number of alkyl halides is 3. The molecule has 3 aromatic rings. The first kappa shape index (κ1) is 20.4. The van der Waals surface area contributed by atoms with Crippen LogP contribution in [-0.4, -0.2) is 17.1 Å². The molecule has 0 saturated heterocycles. The molecule has 0 atom stereocenters. The fraction of sp³-hybridized carbons (Fsp3) is 0.238. The van der Waals surface area contributed by atoms with E-state index in [9.17, 15) is 13.2 Å². The van der Waals surface area contributed by atoms with Crippen molar-refractivity contribution < 1.29 is 17.9 Å². The van der Waals surface area contributed by atoms with E-state index in [4.69, 9.17) is 4.74 Å². The molecular weight excluding hydrogens is 381 g/mol. The van der Waals surface area contributed by atoms with Gasteiger partial charge in [0.15, 0.2) is 0 Å². The van der Waals surface area contributed by atoms with Gasteiger partial charge in [-0.25, -0.2) is 4.98 Å². The summed E-state index contributed by atoms with van der Waals surface area (Å²) < 4.78 is 45.5. The number of hydrogen-bond acceptors (Lipinski definition) is 5. The number of halogens is 3. The zero-order valence-corrected chi connectivity index (χ0v) is 16.0. The molecule has 2 N–H and O–H groups in total. The molecule has 2 aromatic carbocycles. The monoisotopic (exact) mass is 402 g/mol. The zero-order valence-electron chi connectivity index (χ0n) is 16.0. The molecular formula is C21H21F3N4O. The topological polar surface area (TPSA) is 59.1 Å². The Balaban J connectivity index is 1.91. The average Bonchev–Trinajstić information content (AvgIpc) is 2.69. The zero-order chi connectivity index (χ0) is 20.9. The number of ether oxygens (including phenoxy) is 1. The lowest BCUT2D eigenvalue weighted by atomic mass is 10.1. The number of nitrogens with one attached hydrogen (secondary N) is 2. The van der Waals surface area contributed by atoms with Gasteiger partial charge in [-0.2, -0.15) is 18.2 Å². The Morgan fingerprint density at radius 3 is 2.38 bits per heavy atom. The van der Waals surface area contributed by atoms with Crippen molar-refractivity contribution in [3.05, 3.63) is 65.9 Å². The summed E-state index contributed by atoms with van der Waals surface area (Å²) in [5, 5.41) is 5.66. The number of methoxy groups -OCH3 is 1. The number of aromatic nitrogens is 2. The molecule has 0 amide bonds. The van der Waals surface area contributed by atoms with Crippen LogP contribution in [0.1, 0.15) is 24.5 Å². The van der Waals surface area contributed by atoms with Gasteiger partial charge in [-0.15, -0.1) is 0 Å². The summed E-state index contributed by atoms with van der Waals surface area (Å²) in [6.07, 6.45) is -1.85. The Kier molecular flexibility index (Phi) is 6.21. The van der Waals surface area contributed by atoms with E-state index in [1.807, 2.05) is 24.3 Å². The molecule has 0 unspecified atom stereocenters. The maximum absolute atomic E-state index is 13.4. The summed E-state index contributed by atoms with van der Waals surface area (Å²) in [4.78, 5) is 7.89. The van der Waals surface area contributed by atoms with Crippen LogP contribution in [0, 0.1) is 0 Å². The van der Waals surface area contributed by atoms with Crippen LogP contribution in [0.4, 0.5) is 36.3 Å². The van der Waals surface area contributed by atoms with Gasteiger partial charge in [0.05, 0.1) is 12.8 Å². The maximum Gasteiger partial charge on any atom is 0.421 e. The molecule has 5 nitrogen and oxygen atoms in total. The van der Waals surface area contributed by atoms with Crippen LogP contribution in [0.3, 0.4) is 0 Å². The normalized spacial score (nSPS) is 11.2. The van der Waals surface area contributed by atoms with Gasteiger partial charge in [-0.1, -0.05) is 37.6 Å². The second kappa shape index (κ2) is 8.81. The Bertz CT molecular complexity index is 959. The number of aryl methyl sites for hydroxylation is 1. The first-order chi connectivity index (χ1) is 13.9. The van der Waals surface area contributed by atoms with E-state index in [-0.39, 0.29) is 11.8 Å². The Morgan fingerprint density at radius 2 is 1.72 bits per heavy atom. The van der Waals surface area contributed by atoms with Crippen LogP contribution in [0.2, 0.25) is 0 Å². The molecule has 0 saturated carbocycles. The van der Waals surface area contributed by atoms with Crippen LogP contribution in [0.25, 0.3) is 0 Å². The van der Waals surface area contributed by atoms with Crippen molar-refractivity contribution in [2.75, 3.05) is 17.7 Å². The molecule has 0 bridgehead atoms. The SMILES string of the molecule is CCCc1ccc(Nc2ncc(C(F)(F)F)c(Nc3ccccc3OC)n2)cc1. The quantitative estimate of drug-likeness (QED) is 0.512. The molecule has 0 aliphatic carbocycles. The van der Waals surface area contributed by atoms with Gasteiger partial charge in [0.25, 0.3) is 0 Å². The summed E-state index contributed by atoms with van der Waals surface area (Å²) in [6.45, 7) is 2.10. The van der Waals surface area contributed by atoms with Crippen LogP contribution < -0.4 is 15.4 Å². The number of para-hydroxylation sites is 2. The van der Waals surface area contributed by atoms with Crippen LogP contribution in [0.5, 0.6) is 5.75 Å². The fourth-order valence-electron chi connectivity index (χ4n) is 2.79. The number of anilines is 4. The highest BCUT2D eigenvalue weighted by Crippen LogP contribution is 2.36. The third-order valence-electron chi connectivity index (χ3n) is 4.20. The number of nitrogens with zero attached hydrogens (tertiary/aromatic N) is 2. The van der Waals surface area contributed by atoms with Gasteiger partial charge >= 0.3 is 6.18 Å². The number of benzene rings is 2. The fourth-order valence-corrected chi connectivity index (χ4v) is 2.79. The molecule has 8 heteroatoms. The van der Waals surface area contributed by atoms with Gasteiger partial charge in [0.1, 0.15) is 17.1 Å². The summed E-state index contributed by atoms with van der Waals surface area (Å²) in [5.41, 5.74) is 1.28. The molecule has 0 aliphatic rings. The highest BCUT2D eigenvalue weighted by atomic mass is 19.4. The predicted molar refractivity (Wildman–Crippen MR) is 107 cm³/mol. The van der Waals surface area contributed by atoms with E-state index >= 15 is 0 Å². The molecule has 152 valence electrons. The molecule has 0 aliphatic heterocycles. The number of hydrogen-bond donors (Lipinski definition) is 2. The minimum Gasteiger partial charge on any atom is -0.495 e. The van der Waals surface area contributed by atoms with E-state index in [1.54, 1.807) is 24.3 Å². The van der Waals surface area contributed by atoms with Crippen molar-refractivity contribution >= 4 is 23.1 Å². The van der Waals surface area contributed by atoms with Gasteiger partial charge in [-0.05, 0) is 36.2 Å². The lowest BCUT2D eigenvalue weighted by Gasteiger charge is -2.16. The van der Waals surface area contributed by atoms with E-state index in [0.29, 0.717) is 17.1 Å². The molecule has 0 radical (unpaired) electrons. The van der Waals surface area contributed by atoms with E-state index in [1.165, 1.54) is 12.7 Å². The third-order valence-corrected chi connectivity index (χ3v) is 4.20. The van der Waals surface area contributed by atoms with Gasteiger partial charge in [0, 0.05) is 11.9 Å². The lowest BCUT2D eigenvalue weighted by molar-refractivity contribution is -0.137. The first-order valence-corrected chi connectivity index (χ1v) is 9.11. The second-order valence-corrected chi connectivity index (χ2v) is 6.35. The predicted octanol–water partition coefficient (Wildman–Crippen LogP) is 5.94. The molecule has 0 spiro atoms. The molecule has 29 heavy (non-hydrogen) atoms. The van der Waals surface area contributed by atoms with Crippen LogP contribution in [-0.2, 0) is 12.6 Å². The Morgan fingerprint density at radius 1 is 1.00 bits per heavy atom. The summed E-state index contributed by atoms with van der Waals surface area (Å²) in [7, 11) is 1.44. The second-order valence-electron chi connectivity index (χ2n) is 6.35. The van der Waals surface area contributed by atoms with Crippen molar-refractivity contribution in [2.45, 2.75) is 25.9 Å².